The van der Waals surface area contributed by atoms with Crippen molar-refractivity contribution in [2.45, 2.75) is 154 Å². The smallest absolute Gasteiger partial charge is 0.330 e. The molecule has 3 heterocycles. The van der Waals surface area contributed by atoms with Crippen molar-refractivity contribution in [1.29, 1.82) is 0 Å². The van der Waals surface area contributed by atoms with Gasteiger partial charge in [-0.1, -0.05) is 90.9 Å². The Balaban J connectivity index is 1.68. The fourth-order valence-electron chi connectivity index (χ4n) is 5.71. The van der Waals surface area contributed by atoms with Crippen LogP contribution in [-0.2, 0) is 14.2 Å². The predicted octanol–water partition coefficient (Wildman–Crippen LogP) is 5.50. The quantitative estimate of drug-likeness (QED) is 0.247. The van der Waals surface area contributed by atoms with Crippen LogP contribution in [-0.4, -0.2) is 45.4 Å². The average molecular weight is 523 g/mol. The van der Waals surface area contributed by atoms with Crippen LogP contribution in [0.25, 0.3) is 0 Å². The van der Waals surface area contributed by atoms with E-state index in [1.54, 1.807) is 6.92 Å². The van der Waals surface area contributed by atoms with Crippen LogP contribution in [0.5, 0.6) is 0 Å². The minimum atomic E-state index is -0.754. The highest BCUT2D eigenvalue weighted by Crippen LogP contribution is 2.46. The van der Waals surface area contributed by atoms with E-state index in [0.717, 1.165) is 38.5 Å². The zero-order chi connectivity index (χ0) is 26.7. The van der Waals surface area contributed by atoms with Gasteiger partial charge in [0, 0.05) is 24.6 Å². The summed E-state index contributed by atoms with van der Waals surface area (Å²) in [5.74, 6) is -0.724. The molecule has 0 bridgehead atoms. The highest BCUT2D eigenvalue weighted by atomic mass is 16.8. The molecule has 2 aliphatic rings. The van der Waals surface area contributed by atoms with Crippen molar-refractivity contribution in [2.24, 2.45) is 0 Å². The molecular formula is C29H50N2O6. The first-order valence-corrected chi connectivity index (χ1v) is 14.9. The topological polar surface area (TPSA) is 103 Å². The second-order valence-electron chi connectivity index (χ2n) is 11.0. The molecule has 0 aromatic carbocycles. The number of hydrogen-bond acceptors (Lipinski definition) is 6. The van der Waals surface area contributed by atoms with E-state index in [-0.39, 0.29) is 6.61 Å². The van der Waals surface area contributed by atoms with Gasteiger partial charge in [0.2, 0.25) is 0 Å². The first-order valence-electron chi connectivity index (χ1n) is 14.9. The number of aryl methyl sites for hydroxylation is 1. The first-order chi connectivity index (χ1) is 17.9. The molecule has 0 amide bonds. The summed E-state index contributed by atoms with van der Waals surface area (Å²) in [4.78, 5) is 26.9. The lowest BCUT2D eigenvalue weighted by Crippen LogP contribution is -2.39. The van der Waals surface area contributed by atoms with E-state index in [1.807, 2.05) is 0 Å². The Morgan fingerprint density at radius 1 is 0.838 bits per heavy atom. The fraction of sp³-hybridized carbons (Fsp3) is 0.862. The highest BCUT2D eigenvalue weighted by Gasteiger charge is 2.58. The van der Waals surface area contributed by atoms with Gasteiger partial charge in [0.25, 0.3) is 5.56 Å². The second-order valence-corrected chi connectivity index (χ2v) is 11.0. The van der Waals surface area contributed by atoms with Crippen molar-refractivity contribution in [3.05, 3.63) is 32.6 Å². The Bertz CT molecular complexity index is 894. The van der Waals surface area contributed by atoms with Gasteiger partial charge in [-0.05, 0) is 19.8 Å². The fourth-order valence-corrected chi connectivity index (χ4v) is 5.71. The van der Waals surface area contributed by atoms with Crippen molar-refractivity contribution < 1.29 is 19.3 Å². The summed E-state index contributed by atoms with van der Waals surface area (Å²) in [6, 6.07) is 0. The summed E-state index contributed by atoms with van der Waals surface area (Å²) in [5.41, 5.74) is -0.535. The maximum absolute atomic E-state index is 12.6. The third-order valence-corrected chi connectivity index (χ3v) is 7.91. The Labute approximate surface area is 222 Å². The highest BCUT2D eigenvalue weighted by molar-refractivity contribution is 5.05. The van der Waals surface area contributed by atoms with Crippen LogP contribution in [0.3, 0.4) is 0 Å². The molecule has 0 radical (unpaired) electrons. The summed E-state index contributed by atoms with van der Waals surface area (Å²) in [5, 5.41) is 10.0. The van der Waals surface area contributed by atoms with E-state index in [0.29, 0.717) is 5.56 Å². The molecule has 0 aliphatic carbocycles. The SMILES string of the molecule is CCCCCCCCCC1(CCCCCCCCC)OC2C(CO)OC(n3cc(C)c(=O)[nH]c3=O)C2O1. The Hall–Kier alpha value is -1.48. The zero-order valence-electron chi connectivity index (χ0n) is 23.3. The third kappa shape index (κ3) is 8.25. The monoisotopic (exact) mass is 522 g/mol. The molecule has 1 aromatic rings. The number of aliphatic hydroxyl groups is 1. The summed E-state index contributed by atoms with van der Waals surface area (Å²) >= 11 is 0. The molecule has 2 aliphatic heterocycles. The molecule has 2 N–H and O–H groups in total. The zero-order valence-corrected chi connectivity index (χ0v) is 23.3. The molecule has 2 fully saturated rings. The number of fused-ring (bicyclic) bond motifs is 1. The van der Waals surface area contributed by atoms with E-state index in [1.165, 1.54) is 75.0 Å². The van der Waals surface area contributed by atoms with Crippen LogP contribution in [0.1, 0.15) is 128 Å². The third-order valence-electron chi connectivity index (χ3n) is 7.91. The maximum Gasteiger partial charge on any atom is 0.330 e. The molecule has 212 valence electrons. The number of nitrogens with zero attached hydrogens (tertiary/aromatic N) is 1. The van der Waals surface area contributed by atoms with E-state index in [9.17, 15) is 14.7 Å². The van der Waals surface area contributed by atoms with Gasteiger partial charge >= 0.3 is 5.69 Å². The number of hydrogen-bond donors (Lipinski definition) is 2. The Kier molecular flexibility index (Phi) is 12.3. The van der Waals surface area contributed by atoms with E-state index < -0.39 is 41.6 Å². The summed E-state index contributed by atoms with van der Waals surface area (Å²) in [6.07, 6.45) is 17.8. The molecule has 4 atom stereocenters. The maximum atomic E-state index is 12.6. The minimum Gasteiger partial charge on any atom is -0.394 e. The lowest BCUT2D eigenvalue weighted by atomic mass is 9.98. The van der Waals surface area contributed by atoms with Gasteiger partial charge in [-0.15, -0.1) is 0 Å². The van der Waals surface area contributed by atoms with E-state index in [4.69, 9.17) is 14.2 Å². The Morgan fingerprint density at radius 3 is 1.89 bits per heavy atom. The van der Waals surface area contributed by atoms with Crippen molar-refractivity contribution in [2.75, 3.05) is 6.61 Å². The van der Waals surface area contributed by atoms with Crippen molar-refractivity contribution in [3.63, 3.8) is 0 Å². The number of nitrogens with one attached hydrogen (secondary N) is 1. The molecule has 8 nitrogen and oxygen atoms in total. The summed E-state index contributed by atoms with van der Waals surface area (Å²) in [6.45, 7) is 5.90. The number of aliphatic hydroxyl groups excluding tert-OH is 1. The molecule has 3 rings (SSSR count). The lowest BCUT2D eigenvalue weighted by molar-refractivity contribution is -0.228. The molecule has 2 saturated heterocycles. The molecule has 8 heteroatoms. The van der Waals surface area contributed by atoms with Crippen LogP contribution in [0.15, 0.2) is 15.8 Å². The van der Waals surface area contributed by atoms with Gasteiger partial charge < -0.3 is 19.3 Å². The molecule has 4 unspecified atom stereocenters. The van der Waals surface area contributed by atoms with Gasteiger partial charge in [0.1, 0.15) is 18.3 Å². The normalized spacial score (nSPS) is 24.5. The van der Waals surface area contributed by atoms with Crippen LogP contribution < -0.4 is 11.2 Å². The van der Waals surface area contributed by atoms with Crippen molar-refractivity contribution >= 4 is 0 Å². The summed E-state index contributed by atoms with van der Waals surface area (Å²) < 4.78 is 20.7. The molecule has 1 aromatic heterocycles. The van der Waals surface area contributed by atoms with Crippen LogP contribution >= 0.6 is 0 Å². The number of ether oxygens (including phenoxy) is 3. The van der Waals surface area contributed by atoms with E-state index >= 15 is 0 Å². The van der Waals surface area contributed by atoms with Crippen LogP contribution in [0.4, 0.5) is 0 Å². The number of aromatic nitrogens is 2. The number of unbranched alkanes of at least 4 members (excludes halogenated alkanes) is 12. The van der Waals surface area contributed by atoms with Gasteiger partial charge in [-0.25, -0.2) is 4.79 Å². The largest absolute Gasteiger partial charge is 0.394 e. The standard InChI is InChI=1S/C29H50N2O6/c1-4-6-8-10-12-14-16-18-29(19-17-15-13-11-9-7-5-2)36-24-23(21-32)35-27(25(24)37-29)31-20-22(3)26(33)30-28(31)34/h20,23-25,27,32H,4-19,21H2,1-3H3,(H,30,33,34). The predicted molar refractivity (Wildman–Crippen MR) is 145 cm³/mol. The van der Waals surface area contributed by atoms with Gasteiger partial charge in [-0.2, -0.15) is 0 Å². The van der Waals surface area contributed by atoms with E-state index in [2.05, 4.69) is 18.8 Å². The van der Waals surface area contributed by atoms with Gasteiger partial charge in [-0.3, -0.25) is 14.3 Å². The van der Waals surface area contributed by atoms with Crippen LogP contribution in [0, 0.1) is 6.92 Å². The van der Waals surface area contributed by atoms with Gasteiger partial charge in [0.15, 0.2) is 12.0 Å². The number of H-pyrrole nitrogens is 1. The van der Waals surface area contributed by atoms with Crippen molar-refractivity contribution in [3.8, 4) is 0 Å². The molecule has 0 saturated carbocycles. The molecule has 0 spiro atoms. The molecular weight excluding hydrogens is 472 g/mol. The van der Waals surface area contributed by atoms with Gasteiger partial charge in [0.05, 0.1) is 6.61 Å². The lowest BCUT2D eigenvalue weighted by Gasteiger charge is -2.31. The average Bonchev–Trinajstić information content (AvgIpc) is 3.41. The van der Waals surface area contributed by atoms with Crippen molar-refractivity contribution in [1.82, 2.24) is 9.55 Å². The summed E-state index contributed by atoms with van der Waals surface area (Å²) in [7, 11) is 0. The minimum absolute atomic E-state index is 0.219. The second kappa shape index (κ2) is 15.2. The Morgan fingerprint density at radius 2 is 1.35 bits per heavy atom. The number of rotatable bonds is 18. The number of aromatic amines is 1. The molecule has 37 heavy (non-hydrogen) atoms. The van der Waals surface area contributed by atoms with Crippen LogP contribution in [0.2, 0.25) is 0 Å². The first kappa shape index (κ1) is 30.1.